The normalized spacial score (nSPS) is 11.3. The number of H-pyrrole nitrogens is 1. The second kappa shape index (κ2) is 6.61. The number of fused-ring (bicyclic) bond motifs is 2. The predicted octanol–water partition coefficient (Wildman–Crippen LogP) is 3.06. The Morgan fingerprint density at radius 3 is 2.88 bits per heavy atom. The summed E-state index contributed by atoms with van der Waals surface area (Å²) in [6.45, 7) is 0.906. The summed E-state index contributed by atoms with van der Waals surface area (Å²) in [7, 11) is 1.58. The van der Waals surface area contributed by atoms with Gasteiger partial charge in [-0.3, -0.25) is 4.79 Å². The number of imidazole rings is 1. The quantitative estimate of drug-likeness (QED) is 0.542. The fraction of sp³-hybridized carbons (Fsp3) is 0.158. The molecule has 0 aliphatic carbocycles. The predicted molar refractivity (Wildman–Crippen MR) is 99.5 cm³/mol. The van der Waals surface area contributed by atoms with Crippen LogP contribution in [0.2, 0.25) is 0 Å². The number of nitrogens with zero attached hydrogens (tertiary/aromatic N) is 2. The number of aromatic amines is 1. The number of hydrogen-bond donors (Lipinski definition) is 2. The first-order valence-corrected chi connectivity index (χ1v) is 8.20. The lowest BCUT2D eigenvalue weighted by atomic mass is 10.2. The standard InChI is InChI=1S/C19H17FN4O2/c1-26-9-8-21-16-11-17-12(10-13(16)20)6-7-18(25)24(17)19-22-14-4-2-3-5-15(14)23-19/h2-7,10-11,21H,8-9H2,1H3,(H,22,23). The number of aromatic nitrogens is 3. The van der Waals surface area contributed by atoms with Gasteiger partial charge in [-0.25, -0.2) is 13.9 Å². The molecule has 2 aromatic carbocycles. The fourth-order valence-corrected chi connectivity index (χ4v) is 2.95. The van der Waals surface area contributed by atoms with Gasteiger partial charge in [-0.1, -0.05) is 12.1 Å². The molecule has 0 unspecified atom stereocenters. The van der Waals surface area contributed by atoms with E-state index >= 15 is 0 Å². The van der Waals surface area contributed by atoms with Crippen LogP contribution < -0.4 is 10.9 Å². The van der Waals surface area contributed by atoms with E-state index in [4.69, 9.17) is 4.74 Å². The maximum absolute atomic E-state index is 14.3. The Morgan fingerprint density at radius 2 is 2.08 bits per heavy atom. The van der Waals surface area contributed by atoms with Gasteiger partial charge in [0.2, 0.25) is 5.95 Å². The van der Waals surface area contributed by atoms with E-state index in [1.54, 1.807) is 19.2 Å². The molecule has 0 aliphatic rings. The molecule has 0 aliphatic heterocycles. The Labute approximate surface area is 148 Å². The summed E-state index contributed by atoms with van der Waals surface area (Å²) in [6.07, 6.45) is 0. The average molecular weight is 352 g/mol. The molecule has 0 fully saturated rings. The number of pyridine rings is 1. The number of benzene rings is 2. The Bertz CT molecular complexity index is 1120. The first kappa shape index (κ1) is 16.3. The molecule has 132 valence electrons. The van der Waals surface area contributed by atoms with Gasteiger partial charge in [0.15, 0.2) is 0 Å². The van der Waals surface area contributed by atoms with E-state index in [2.05, 4.69) is 15.3 Å². The number of rotatable bonds is 5. The largest absolute Gasteiger partial charge is 0.383 e. The van der Waals surface area contributed by atoms with Crippen molar-refractivity contribution in [3.63, 3.8) is 0 Å². The maximum atomic E-state index is 14.3. The zero-order valence-electron chi connectivity index (χ0n) is 14.1. The van der Waals surface area contributed by atoms with Gasteiger partial charge < -0.3 is 15.0 Å². The highest BCUT2D eigenvalue weighted by molar-refractivity contribution is 5.85. The number of para-hydroxylation sites is 2. The summed E-state index contributed by atoms with van der Waals surface area (Å²) >= 11 is 0. The Hall–Kier alpha value is -3.19. The van der Waals surface area contributed by atoms with Gasteiger partial charge in [0.1, 0.15) is 5.82 Å². The van der Waals surface area contributed by atoms with Gasteiger partial charge >= 0.3 is 0 Å². The van der Waals surface area contributed by atoms with Gasteiger partial charge in [0, 0.05) is 25.1 Å². The molecule has 0 saturated carbocycles. The molecule has 2 aromatic heterocycles. The van der Waals surface area contributed by atoms with Crippen molar-refractivity contribution < 1.29 is 9.13 Å². The van der Waals surface area contributed by atoms with Crippen molar-refractivity contribution in [2.45, 2.75) is 0 Å². The Kier molecular flexibility index (Phi) is 4.14. The fourth-order valence-electron chi connectivity index (χ4n) is 2.95. The van der Waals surface area contributed by atoms with Crippen molar-refractivity contribution in [1.82, 2.24) is 14.5 Å². The molecule has 6 nitrogen and oxygen atoms in total. The lowest BCUT2D eigenvalue weighted by Crippen LogP contribution is -2.19. The van der Waals surface area contributed by atoms with Crippen molar-refractivity contribution in [2.24, 2.45) is 0 Å². The molecule has 4 aromatic rings. The lowest BCUT2D eigenvalue weighted by molar-refractivity contribution is 0.210. The SMILES string of the molecule is COCCNc1cc2c(ccc(=O)n2-c2nc3ccccc3[nH]2)cc1F. The smallest absolute Gasteiger partial charge is 0.257 e. The van der Waals surface area contributed by atoms with E-state index < -0.39 is 0 Å². The molecule has 7 heteroatoms. The summed E-state index contributed by atoms with van der Waals surface area (Å²) in [4.78, 5) is 20.2. The van der Waals surface area contributed by atoms with Crippen LogP contribution in [0.1, 0.15) is 0 Å². The first-order valence-electron chi connectivity index (χ1n) is 8.20. The Balaban J connectivity index is 1.91. The molecule has 26 heavy (non-hydrogen) atoms. The third-order valence-corrected chi connectivity index (χ3v) is 4.19. The van der Waals surface area contributed by atoms with Gasteiger partial charge in [-0.05, 0) is 30.3 Å². The first-order chi connectivity index (χ1) is 12.7. The van der Waals surface area contributed by atoms with E-state index in [1.807, 2.05) is 24.3 Å². The average Bonchev–Trinajstić information content (AvgIpc) is 3.06. The van der Waals surface area contributed by atoms with E-state index in [1.165, 1.54) is 16.7 Å². The topological polar surface area (TPSA) is 71.9 Å². The van der Waals surface area contributed by atoms with Gasteiger partial charge in [0.25, 0.3) is 5.56 Å². The molecule has 0 atom stereocenters. The maximum Gasteiger partial charge on any atom is 0.257 e. The van der Waals surface area contributed by atoms with Crippen LogP contribution in [-0.2, 0) is 4.74 Å². The van der Waals surface area contributed by atoms with Crippen LogP contribution in [-0.4, -0.2) is 34.8 Å². The molecule has 2 heterocycles. The van der Waals surface area contributed by atoms with Gasteiger partial charge in [-0.15, -0.1) is 0 Å². The zero-order chi connectivity index (χ0) is 18.1. The van der Waals surface area contributed by atoms with E-state index in [0.29, 0.717) is 35.7 Å². The minimum atomic E-state index is -0.386. The molecule has 0 radical (unpaired) electrons. The number of anilines is 1. The van der Waals surface area contributed by atoms with Crippen LogP contribution in [0.15, 0.2) is 53.3 Å². The highest BCUT2D eigenvalue weighted by Gasteiger charge is 2.13. The summed E-state index contributed by atoms with van der Waals surface area (Å²) in [5.74, 6) is 0.0136. The molecule has 0 amide bonds. The number of ether oxygens (including phenoxy) is 1. The summed E-state index contributed by atoms with van der Waals surface area (Å²) in [5, 5.41) is 3.60. The second-order valence-electron chi connectivity index (χ2n) is 5.89. The van der Waals surface area contributed by atoms with Crippen molar-refractivity contribution in [1.29, 1.82) is 0 Å². The van der Waals surface area contributed by atoms with Gasteiger partial charge in [-0.2, -0.15) is 0 Å². The van der Waals surface area contributed by atoms with Crippen molar-refractivity contribution in [3.8, 4) is 5.95 Å². The summed E-state index contributed by atoms with van der Waals surface area (Å²) in [6, 6.07) is 13.6. The highest BCUT2D eigenvalue weighted by Crippen LogP contribution is 2.24. The monoisotopic (exact) mass is 352 g/mol. The molecular formula is C19H17FN4O2. The molecule has 0 bridgehead atoms. The highest BCUT2D eigenvalue weighted by atomic mass is 19.1. The lowest BCUT2D eigenvalue weighted by Gasteiger charge is -2.12. The van der Waals surface area contributed by atoms with E-state index in [9.17, 15) is 9.18 Å². The molecule has 2 N–H and O–H groups in total. The number of methoxy groups -OCH3 is 1. The molecule has 0 spiro atoms. The van der Waals surface area contributed by atoms with E-state index in [-0.39, 0.29) is 11.4 Å². The second-order valence-corrected chi connectivity index (χ2v) is 5.89. The summed E-state index contributed by atoms with van der Waals surface area (Å²) < 4.78 is 20.8. The van der Waals surface area contributed by atoms with Crippen LogP contribution in [0.3, 0.4) is 0 Å². The van der Waals surface area contributed by atoms with Crippen molar-refractivity contribution >= 4 is 27.6 Å². The van der Waals surface area contributed by atoms with Crippen molar-refractivity contribution in [3.05, 3.63) is 64.7 Å². The van der Waals surface area contributed by atoms with Crippen molar-refractivity contribution in [2.75, 3.05) is 25.6 Å². The van der Waals surface area contributed by atoms with Crippen LogP contribution in [0, 0.1) is 5.82 Å². The number of halogens is 1. The Morgan fingerprint density at radius 1 is 1.23 bits per heavy atom. The molecular weight excluding hydrogens is 335 g/mol. The van der Waals surface area contributed by atoms with Crippen LogP contribution in [0.5, 0.6) is 0 Å². The third kappa shape index (κ3) is 2.82. The minimum Gasteiger partial charge on any atom is -0.383 e. The summed E-state index contributed by atoms with van der Waals surface area (Å²) in [5.41, 5.74) is 2.22. The number of hydrogen-bond acceptors (Lipinski definition) is 4. The van der Waals surface area contributed by atoms with Crippen LogP contribution >= 0.6 is 0 Å². The molecule has 4 rings (SSSR count). The van der Waals surface area contributed by atoms with Gasteiger partial charge in [0.05, 0.1) is 28.8 Å². The molecule has 0 saturated heterocycles. The zero-order valence-corrected chi connectivity index (χ0v) is 14.1. The van der Waals surface area contributed by atoms with Crippen LogP contribution in [0.25, 0.3) is 27.9 Å². The van der Waals surface area contributed by atoms with E-state index in [0.717, 1.165) is 11.0 Å². The number of nitrogens with one attached hydrogen (secondary N) is 2. The third-order valence-electron chi connectivity index (χ3n) is 4.19. The minimum absolute atomic E-state index is 0.244. The van der Waals surface area contributed by atoms with Crippen LogP contribution in [0.4, 0.5) is 10.1 Å².